The van der Waals surface area contributed by atoms with Gasteiger partial charge in [0.25, 0.3) is 0 Å². The molecule has 1 aromatic carbocycles. The molecule has 16 heavy (non-hydrogen) atoms. The Kier molecular flexibility index (Phi) is 5.40. The first-order valence-electron chi connectivity index (χ1n) is 5.50. The van der Waals surface area contributed by atoms with Gasteiger partial charge < -0.3 is 10.1 Å². The van der Waals surface area contributed by atoms with Crippen molar-refractivity contribution in [2.75, 3.05) is 12.4 Å². The number of hydrogen-bond acceptors (Lipinski definition) is 2. The van der Waals surface area contributed by atoms with Gasteiger partial charge in [-0.25, -0.2) is 0 Å². The number of rotatable bonds is 6. The Morgan fingerprint density at radius 1 is 1.38 bits per heavy atom. The van der Waals surface area contributed by atoms with Crippen molar-refractivity contribution in [3.63, 3.8) is 0 Å². The zero-order valence-electron chi connectivity index (χ0n) is 9.66. The van der Waals surface area contributed by atoms with Crippen LogP contribution in [0.5, 0.6) is 5.75 Å². The third-order valence-corrected chi connectivity index (χ3v) is 2.28. The van der Waals surface area contributed by atoms with Crippen LogP contribution < -0.4 is 10.1 Å². The predicted octanol–water partition coefficient (Wildman–Crippen LogP) is 3.03. The molecule has 0 heterocycles. The second-order valence-electron chi connectivity index (χ2n) is 3.56. The van der Waals surface area contributed by atoms with Crippen molar-refractivity contribution < 1.29 is 9.53 Å². The number of carbonyl (C=O) groups is 1. The zero-order valence-corrected chi connectivity index (χ0v) is 9.66. The molecule has 0 unspecified atom stereocenters. The van der Waals surface area contributed by atoms with Crippen LogP contribution in [-0.4, -0.2) is 13.0 Å². The van der Waals surface area contributed by atoms with Crippen molar-refractivity contribution in [1.29, 1.82) is 0 Å². The van der Waals surface area contributed by atoms with Crippen molar-refractivity contribution in [3.8, 4) is 5.75 Å². The van der Waals surface area contributed by atoms with E-state index in [9.17, 15) is 4.79 Å². The predicted molar refractivity (Wildman–Crippen MR) is 65.4 cm³/mol. The second kappa shape index (κ2) is 6.88. The number of ether oxygens (including phenoxy) is 1. The molecule has 3 heteroatoms. The largest absolute Gasteiger partial charge is 0.495 e. The molecule has 0 spiro atoms. The quantitative estimate of drug-likeness (QED) is 0.748. The lowest BCUT2D eigenvalue weighted by molar-refractivity contribution is -0.116. The molecule has 1 amide bonds. The smallest absolute Gasteiger partial charge is 0.224 e. The standard InChI is InChI=1S/C13H18NO2/c1-3-4-5-10-13(15)14-11-8-6-7-9-12(11)16-2/h6-9H,1,3-5,10H2,2H3,(H,14,15). The van der Waals surface area contributed by atoms with E-state index in [0.717, 1.165) is 24.9 Å². The maximum absolute atomic E-state index is 11.6. The maximum atomic E-state index is 11.6. The van der Waals surface area contributed by atoms with Gasteiger partial charge in [0, 0.05) is 6.42 Å². The van der Waals surface area contributed by atoms with E-state index in [-0.39, 0.29) is 5.91 Å². The molecule has 3 nitrogen and oxygen atoms in total. The van der Waals surface area contributed by atoms with E-state index < -0.39 is 0 Å². The summed E-state index contributed by atoms with van der Waals surface area (Å²) in [5.41, 5.74) is 0.727. The molecule has 0 saturated heterocycles. The van der Waals surface area contributed by atoms with E-state index in [1.54, 1.807) is 7.11 Å². The lowest BCUT2D eigenvalue weighted by Gasteiger charge is -2.09. The zero-order chi connectivity index (χ0) is 11.8. The molecule has 0 aromatic heterocycles. The van der Waals surface area contributed by atoms with Gasteiger partial charge in [-0.15, -0.1) is 0 Å². The summed E-state index contributed by atoms with van der Waals surface area (Å²) in [6.07, 6.45) is 3.28. The Labute approximate surface area is 96.8 Å². The first-order valence-corrected chi connectivity index (χ1v) is 5.50. The van der Waals surface area contributed by atoms with Gasteiger partial charge in [-0.2, -0.15) is 0 Å². The average molecular weight is 220 g/mol. The summed E-state index contributed by atoms with van der Waals surface area (Å²) >= 11 is 0. The number of para-hydroxylation sites is 2. The van der Waals surface area contributed by atoms with Crippen molar-refractivity contribution in [2.24, 2.45) is 0 Å². The van der Waals surface area contributed by atoms with Gasteiger partial charge in [-0.3, -0.25) is 4.79 Å². The van der Waals surface area contributed by atoms with E-state index in [2.05, 4.69) is 12.2 Å². The van der Waals surface area contributed by atoms with E-state index in [1.165, 1.54) is 0 Å². The van der Waals surface area contributed by atoms with Gasteiger partial charge in [-0.1, -0.05) is 31.9 Å². The minimum atomic E-state index is 0.0259. The summed E-state index contributed by atoms with van der Waals surface area (Å²) in [7, 11) is 1.59. The molecule has 0 saturated carbocycles. The molecule has 0 aliphatic heterocycles. The summed E-state index contributed by atoms with van der Waals surface area (Å²) in [4.78, 5) is 11.6. The minimum absolute atomic E-state index is 0.0259. The third-order valence-electron chi connectivity index (χ3n) is 2.28. The first-order chi connectivity index (χ1) is 7.77. The van der Waals surface area contributed by atoms with Gasteiger partial charge in [0.1, 0.15) is 5.75 Å². The Morgan fingerprint density at radius 3 is 2.81 bits per heavy atom. The Bertz CT molecular complexity index is 336. The number of benzene rings is 1. The second-order valence-corrected chi connectivity index (χ2v) is 3.56. The van der Waals surface area contributed by atoms with Crippen LogP contribution >= 0.6 is 0 Å². The maximum Gasteiger partial charge on any atom is 0.224 e. The molecular formula is C13H18NO2. The summed E-state index contributed by atoms with van der Waals surface area (Å²) in [5.74, 6) is 0.714. The highest BCUT2D eigenvalue weighted by atomic mass is 16.5. The summed E-state index contributed by atoms with van der Waals surface area (Å²) in [5, 5.41) is 2.84. The number of unbranched alkanes of at least 4 members (excludes halogenated alkanes) is 2. The van der Waals surface area contributed by atoms with E-state index in [0.29, 0.717) is 12.2 Å². The number of carbonyl (C=O) groups excluding carboxylic acids is 1. The van der Waals surface area contributed by atoms with Gasteiger partial charge in [0.2, 0.25) is 5.91 Å². The molecule has 0 aliphatic rings. The molecule has 0 atom stereocenters. The molecule has 87 valence electrons. The normalized spacial score (nSPS) is 9.88. The Hall–Kier alpha value is -1.51. The summed E-state index contributed by atoms with van der Waals surface area (Å²) in [6, 6.07) is 7.40. The lowest BCUT2D eigenvalue weighted by atomic mass is 10.2. The molecule has 1 radical (unpaired) electrons. The van der Waals surface area contributed by atoms with Gasteiger partial charge in [0.15, 0.2) is 0 Å². The monoisotopic (exact) mass is 220 g/mol. The number of methoxy groups -OCH3 is 1. The van der Waals surface area contributed by atoms with Crippen LogP contribution in [0.1, 0.15) is 25.7 Å². The van der Waals surface area contributed by atoms with Crippen LogP contribution in [0.3, 0.4) is 0 Å². The Balaban J connectivity index is 2.49. The van der Waals surface area contributed by atoms with Crippen LogP contribution in [0.25, 0.3) is 0 Å². The number of amides is 1. The number of hydrogen-bond donors (Lipinski definition) is 1. The Morgan fingerprint density at radius 2 is 2.12 bits per heavy atom. The van der Waals surface area contributed by atoms with E-state index >= 15 is 0 Å². The van der Waals surface area contributed by atoms with Crippen LogP contribution in [0, 0.1) is 6.92 Å². The summed E-state index contributed by atoms with van der Waals surface area (Å²) in [6.45, 7) is 3.74. The fraction of sp³-hybridized carbons (Fsp3) is 0.385. The van der Waals surface area contributed by atoms with Crippen molar-refractivity contribution in [2.45, 2.75) is 25.7 Å². The van der Waals surface area contributed by atoms with Crippen molar-refractivity contribution in [1.82, 2.24) is 0 Å². The van der Waals surface area contributed by atoms with Gasteiger partial charge in [0.05, 0.1) is 12.8 Å². The van der Waals surface area contributed by atoms with Gasteiger partial charge in [-0.05, 0) is 18.6 Å². The third kappa shape index (κ3) is 3.93. The highest BCUT2D eigenvalue weighted by Gasteiger charge is 2.05. The fourth-order valence-electron chi connectivity index (χ4n) is 1.42. The average Bonchev–Trinajstić information content (AvgIpc) is 2.30. The van der Waals surface area contributed by atoms with Crippen molar-refractivity contribution in [3.05, 3.63) is 31.2 Å². The van der Waals surface area contributed by atoms with Crippen LogP contribution in [0.4, 0.5) is 5.69 Å². The molecule has 0 bridgehead atoms. The topological polar surface area (TPSA) is 38.3 Å². The lowest BCUT2D eigenvalue weighted by Crippen LogP contribution is -2.11. The van der Waals surface area contributed by atoms with Crippen LogP contribution in [0.2, 0.25) is 0 Å². The molecule has 1 N–H and O–H groups in total. The van der Waals surface area contributed by atoms with Crippen molar-refractivity contribution >= 4 is 11.6 Å². The highest BCUT2D eigenvalue weighted by Crippen LogP contribution is 2.23. The minimum Gasteiger partial charge on any atom is -0.495 e. The number of nitrogens with one attached hydrogen (secondary N) is 1. The fourth-order valence-corrected chi connectivity index (χ4v) is 1.42. The highest BCUT2D eigenvalue weighted by molar-refractivity contribution is 5.92. The molecule has 1 rings (SSSR count). The molecule has 1 aromatic rings. The van der Waals surface area contributed by atoms with Crippen LogP contribution in [0.15, 0.2) is 24.3 Å². The number of anilines is 1. The summed E-state index contributed by atoms with van der Waals surface area (Å²) < 4.78 is 5.15. The molecule has 0 fully saturated rings. The first kappa shape index (κ1) is 12.6. The SMILES string of the molecule is [CH2]CCCCC(=O)Nc1ccccc1OC. The molecular weight excluding hydrogens is 202 g/mol. The van der Waals surface area contributed by atoms with E-state index in [4.69, 9.17) is 4.74 Å². The van der Waals surface area contributed by atoms with Crippen LogP contribution in [-0.2, 0) is 4.79 Å². The van der Waals surface area contributed by atoms with E-state index in [1.807, 2.05) is 24.3 Å². The van der Waals surface area contributed by atoms with Gasteiger partial charge >= 0.3 is 0 Å². The molecule has 0 aliphatic carbocycles.